The molecule has 0 fully saturated rings. The number of allylic oxidation sites excluding steroid dienone is 15. The Morgan fingerprint density at radius 1 is 0.456 bits per heavy atom. The highest BCUT2D eigenvalue weighted by Crippen LogP contribution is 2.43. The second kappa shape index (κ2) is 58.1. The summed E-state index contributed by atoms with van der Waals surface area (Å²) < 4.78 is 30.7. The van der Waals surface area contributed by atoms with Gasteiger partial charge in [0.15, 0.2) is 0 Å². The standard InChI is InChI=1S/C69H123N2O7P/c1-7-10-13-16-19-22-25-28-30-31-32-33-34-35-36-37-38-39-40-41-42-44-47-50-53-56-59-62-69(73)78-67(60-57-54-51-48-45-27-24-21-18-15-12-9-3)66(65-77-79(74,75)76-64-63-71(4,5)6)70-68(72)61-58-55-52-49-46-43-29-26-23-20-17-14-11-8-2/h10-11,13-14,19-20,22-23,28,30,32-33,35-36,57,60,66-67H,7-9,12,15-18,21,24-27,29,31,34,37-56,58-59,61-65H2,1-6H3,(H-,70,72,74,75)/p+1/b13-10-,14-11+,22-19-,23-20+,30-28-,33-32-,36-35-,60-57-. The first-order chi connectivity index (χ1) is 38.4. The maximum absolute atomic E-state index is 13.5. The van der Waals surface area contributed by atoms with Gasteiger partial charge in [0.25, 0.3) is 0 Å². The van der Waals surface area contributed by atoms with Crippen molar-refractivity contribution in [3.05, 3.63) is 97.2 Å². The van der Waals surface area contributed by atoms with E-state index < -0.39 is 20.0 Å². The zero-order chi connectivity index (χ0) is 57.9. The summed E-state index contributed by atoms with van der Waals surface area (Å²) in [5.41, 5.74) is 0. The molecule has 0 saturated heterocycles. The molecule has 0 aromatic rings. The van der Waals surface area contributed by atoms with Crippen molar-refractivity contribution in [2.75, 3.05) is 40.9 Å². The Balaban J connectivity index is 5.08. The van der Waals surface area contributed by atoms with Crippen LogP contribution in [0.2, 0.25) is 0 Å². The number of nitrogens with zero attached hydrogens (tertiary/aromatic N) is 1. The number of hydrogen-bond acceptors (Lipinski definition) is 6. The highest BCUT2D eigenvalue weighted by atomic mass is 31.2. The second-order valence-electron chi connectivity index (χ2n) is 22.9. The van der Waals surface area contributed by atoms with E-state index in [9.17, 15) is 19.0 Å². The SMILES string of the molecule is CC/C=C\C/C=C\C/C=C\C/C=C\C/C=C\CCCCCCCCCCCCCC(=O)OC(/C=C\CCCCCCCCCCCC)C(COP(=O)(O)OCC[N+](C)(C)C)NC(=O)CCCCCCCCC/C=C/C/C=C/CC. The summed E-state index contributed by atoms with van der Waals surface area (Å²) in [6.07, 6.45) is 78.4. The molecule has 0 aliphatic carbocycles. The lowest BCUT2D eigenvalue weighted by Gasteiger charge is -2.27. The number of amides is 1. The second-order valence-corrected chi connectivity index (χ2v) is 24.3. The van der Waals surface area contributed by atoms with Crippen LogP contribution in [0.25, 0.3) is 0 Å². The highest BCUT2D eigenvalue weighted by Gasteiger charge is 2.30. The van der Waals surface area contributed by atoms with Gasteiger partial charge in [0, 0.05) is 12.8 Å². The molecule has 9 nitrogen and oxygen atoms in total. The lowest BCUT2D eigenvalue weighted by Crippen LogP contribution is -2.47. The van der Waals surface area contributed by atoms with E-state index in [0.29, 0.717) is 17.4 Å². The molecular weight excluding hydrogens is 1000 g/mol. The van der Waals surface area contributed by atoms with Crippen LogP contribution >= 0.6 is 7.82 Å². The quantitative estimate of drug-likeness (QED) is 0.0205. The summed E-state index contributed by atoms with van der Waals surface area (Å²) in [5, 5.41) is 3.05. The van der Waals surface area contributed by atoms with Gasteiger partial charge in [-0.1, -0.05) is 260 Å². The third-order valence-electron chi connectivity index (χ3n) is 14.0. The van der Waals surface area contributed by atoms with Crippen LogP contribution in [0.5, 0.6) is 0 Å². The fourth-order valence-corrected chi connectivity index (χ4v) is 9.80. The lowest BCUT2D eigenvalue weighted by molar-refractivity contribution is -0.870. The van der Waals surface area contributed by atoms with Gasteiger partial charge in [0.05, 0.1) is 33.8 Å². The van der Waals surface area contributed by atoms with E-state index in [2.05, 4.69) is 111 Å². The lowest BCUT2D eigenvalue weighted by atomic mass is 10.0. The first kappa shape index (κ1) is 75.9. The predicted molar refractivity (Wildman–Crippen MR) is 341 cm³/mol. The predicted octanol–water partition coefficient (Wildman–Crippen LogP) is 20.3. The van der Waals surface area contributed by atoms with E-state index >= 15 is 0 Å². The molecule has 2 N–H and O–H groups in total. The van der Waals surface area contributed by atoms with Gasteiger partial charge in [-0.05, 0) is 102 Å². The zero-order valence-corrected chi connectivity index (χ0v) is 53.0. The first-order valence-electron chi connectivity index (χ1n) is 32.6. The van der Waals surface area contributed by atoms with Crippen molar-refractivity contribution in [3.8, 4) is 0 Å². The number of carbonyl (C=O) groups excluding carboxylic acids is 2. The number of quaternary nitrogens is 1. The Kier molecular flexibility index (Phi) is 55.9. The van der Waals surface area contributed by atoms with Gasteiger partial charge in [0.1, 0.15) is 19.3 Å². The van der Waals surface area contributed by atoms with Crippen molar-refractivity contribution in [1.29, 1.82) is 0 Å². The van der Waals surface area contributed by atoms with Crippen molar-refractivity contribution in [3.63, 3.8) is 0 Å². The van der Waals surface area contributed by atoms with E-state index in [-0.39, 0.29) is 31.5 Å². The van der Waals surface area contributed by atoms with Crippen molar-refractivity contribution in [2.45, 2.75) is 290 Å². The summed E-state index contributed by atoms with van der Waals surface area (Å²) in [4.78, 5) is 37.7. The number of likely N-dealkylation sites (N-methyl/N-ethyl adjacent to an activating group) is 1. The number of ether oxygens (including phenoxy) is 1. The van der Waals surface area contributed by atoms with Crippen molar-refractivity contribution in [2.24, 2.45) is 0 Å². The average molecular weight is 1120 g/mol. The third-order valence-corrected chi connectivity index (χ3v) is 15.0. The van der Waals surface area contributed by atoms with Crippen molar-refractivity contribution < 1.29 is 37.3 Å². The molecule has 3 unspecified atom stereocenters. The molecule has 0 heterocycles. The van der Waals surface area contributed by atoms with Crippen LogP contribution in [0.1, 0.15) is 278 Å². The maximum atomic E-state index is 13.5. The number of unbranched alkanes of at least 4 members (excludes halogenated alkanes) is 28. The van der Waals surface area contributed by atoms with E-state index in [1.54, 1.807) is 0 Å². The molecule has 0 aromatic heterocycles. The van der Waals surface area contributed by atoms with Crippen LogP contribution in [0, 0.1) is 0 Å². The summed E-state index contributed by atoms with van der Waals surface area (Å²) in [6, 6.07) is -0.858. The molecule has 3 atom stereocenters. The molecule has 0 radical (unpaired) electrons. The Bertz CT molecular complexity index is 1670. The van der Waals surface area contributed by atoms with Gasteiger partial charge in [-0.15, -0.1) is 0 Å². The van der Waals surface area contributed by atoms with E-state index in [0.717, 1.165) is 116 Å². The van der Waals surface area contributed by atoms with Crippen LogP contribution in [0.4, 0.5) is 0 Å². The number of esters is 1. The zero-order valence-electron chi connectivity index (χ0n) is 52.1. The highest BCUT2D eigenvalue weighted by molar-refractivity contribution is 7.47. The molecule has 1 amide bonds. The summed E-state index contributed by atoms with van der Waals surface area (Å²) >= 11 is 0. The molecule has 10 heteroatoms. The molecule has 0 aromatic carbocycles. The molecule has 0 rings (SSSR count). The minimum Gasteiger partial charge on any atom is -0.456 e. The number of phosphoric ester groups is 1. The van der Waals surface area contributed by atoms with Gasteiger partial charge in [-0.2, -0.15) is 0 Å². The fraction of sp³-hybridized carbons (Fsp3) is 0.739. The maximum Gasteiger partial charge on any atom is 0.472 e. The number of rotatable bonds is 58. The Labute approximate surface area is 488 Å². The molecule has 79 heavy (non-hydrogen) atoms. The molecule has 0 bridgehead atoms. The molecule has 0 saturated carbocycles. The van der Waals surface area contributed by atoms with Gasteiger partial charge in [-0.3, -0.25) is 18.6 Å². The molecule has 0 aliphatic rings. The van der Waals surface area contributed by atoms with Crippen LogP contribution in [0.3, 0.4) is 0 Å². The largest absolute Gasteiger partial charge is 0.472 e. The minimum atomic E-state index is -4.46. The van der Waals surface area contributed by atoms with Crippen LogP contribution in [-0.4, -0.2) is 74.3 Å². The number of hydrogen-bond donors (Lipinski definition) is 2. The summed E-state index contributed by atoms with van der Waals surface area (Å²) in [5.74, 6) is -0.519. The molecule has 0 spiro atoms. The Morgan fingerprint density at radius 2 is 0.810 bits per heavy atom. The van der Waals surface area contributed by atoms with Gasteiger partial charge >= 0.3 is 13.8 Å². The van der Waals surface area contributed by atoms with Gasteiger partial charge < -0.3 is 19.4 Å². The smallest absolute Gasteiger partial charge is 0.456 e. The van der Waals surface area contributed by atoms with Crippen LogP contribution < -0.4 is 5.32 Å². The van der Waals surface area contributed by atoms with E-state index in [1.807, 2.05) is 33.3 Å². The van der Waals surface area contributed by atoms with Crippen molar-refractivity contribution in [1.82, 2.24) is 5.32 Å². The van der Waals surface area contributed by atoms with Gasteiger partial charge in [-0.25, -0.2) is 4.57 Å². The first-order valence-corrected chi connectivity index (χ1v) is 34.1. The Hall–Kier alpha value is -3.07. The topological polar surface area (TPSA) is 111 Å². The fourth-order valence-electron chi connectivity index (χ4n) is 9.06. The van der Waals surface area contributed by atoms with Crippen molar-refractivity contribution >= 4 is 19.7 Å². The molecule has 456 valence electrons. The van der Waals surface area contributed by atoms with Gasteiger partial charge in [0.2, 0.25) is 5.91 Å². The number of phosphoric acid groups is 1. The average Bonchev–Trinajstić information content (AvgIpc) is 3.41. The van der Waals surface area contributed by atoms with E-state index in [4.69, 9.17) is 13.8 Å². The van der Waals surface area contributed by atoms with Crippen LogP contribution in [0.15, 0.2) is 97.2 Å². The minimum absolute atomic E-state index is 0.0347. The Morgan fingerprint density at radius 3 is 1.22 bits per heavy atom. The normalized spacial score (nSPS) is 14.3. The monoisotopic (exact) mass is 1120 g/mol. The van der Waals surface area contributed by atoms with E-state index in [1.165, 1.54) is 128 Å². The molecule has 0 aliphatic heterocycles. The molecular formula is C69H124N2O7P+. The number of carbonyl (C=O) groups is 2. The summed E-state index contributed by atoms with van der Waals surface area (Å²) in [6.45, 7) is 6.79. The third kappa shape index (κ3) is 59.4. The van der Waals surface area contributed by atoms with Crippen LogP contribution in [-0.2, 0) is 27.9 Å². The summed E-state index contributed by atoms with van der Waals surface area (Å²) in [7, 11) is 1.48. The number of nitrogens with one attached hydrogen (secondary N) is 1.